The van der Waals surface area contributed by atoms with Gasteiger partial charge in [0.25, 0.3) is 10.5 Å². The first-order valence-electron chi connectivity index (χ1n) is 11.7. The van der Waals surface area contributed by atoms with Crippen molar-refractivity contribution in [2.75, 3.05) is 94.2 Å². The maximum absolute atomic E-state index is 12.0. The molecule has 10 nitrogen and oxygen atoms in total. The van der Waals surface area contributed by atoms with Crippen molar-refractivity contribution >= 4 is 126 Å². The summed E-state index contributed by atoms with van der Waals surface area (Å²) in [5, 5.41) is 23.7. The lowest BCUT2D eigenvalue weighted by Gasteiger charge is -2.06. The molecule has 0 aromatic heterocycles. The molecule has 0 saturated heterocycles. The van der Waals surface area contributed by atoms with Crippen molar-refractivity contribution in [2.45, 2.75) is 0 Å². The van der Waals surface area contributed by atoms with Crippen molar-refractivity contribution in [2.24, 2.45) is 9.98 Å². The molecule has 0 aromatic rings. The summed E-state index contributed by atoms with van der Waals surface area (Å²) in [5.74, 6) is 5.93. The average molecular weight is 719 g/mol. The zero-order valence-electron chi connectivity index (χ0n) is 21.6. The minimum atomic E-state index is -1.14. The summed E-state index contributed by atoms with van der Waals surface area (Å²) in [7, 11) is 0. The van der Waals surface area contributed by atoms with E-state index in [9.17, 15) is 18.7 Å². The molecule has 0 rings (SSSR count). The summed E-state index contributed by atoms with van der Waals surface area (Å²) in [6.45, 7) is 2.34. The molecule has 228 valence electrons. The van der Waals surface area contributed by atoms with Crippen LogP contribution in [0.5, 0.6) is 0 Å². The Balaban J connectivity index is 3.46. The van der Waals surface area contributed by atoms with E-state index >= 15 is 0 Å². The first-order chi connectivity index (χ1) is 19.0. The monoisotopic (exact) mass is 718 g/mol. The second-order valence-electron chi connectivity index (χ2n) is 6.65. The molecule has 4 N–H and O–H groups in total. The van der Waals surface area contributed by atoms with Gasteiger partial charge in [0, 0.05) is 64.5 Å². The maximum atomic E-state index is 12.0. The van der Waals surface area contributed by atoms with E-state index in [1.807, 2.05) is 0 Å². The Morgan fingerprint density at radius 3 is 1.87 bits per heavy atom. The molecule has 0 saturated carbocycles. The van der Waals surface area contributed by atoms with Gasteiger partial charge >= 0.3 is 0 Å². The number of aliphatic imine (C=N–C) groups is 2. The highest BCUT2D eigenvalue weighted by Crippen LogP contribution is 2.11. The molecular weight excluding hydrogens is 681 g/mol. The molecule has 0 radical (unpaired) electrons. The van der Waals surface area contributed by atoms with E-state index in [1.165, 1.54) is 46.4 Å². The Kier molecular flexibility index (Phi) is 33.2. The Morgan fingerprint density at radius 1 is 0.692 bits per heavy atom. The molecule has 2 amide bonds. The standard InChI is InChI=1S/C20H38N4O6S9/c25-15-34-17-37-20(28)24-4-8-31-5-1-21-13-38(29)12-11-33-9-10-36-19(27)23-3-7-32-6-2-22-14-39(30)18-35-16-26/h13-14,25-26H,1-12,15-18H2,(H,23,27)(H,24,28)/b21-13+,22-14+. The van der Waals surface area contributed by atoms with Gasteiger partial charge in [0.05, 0.1) is 30.1 Å². The number of aliphatic hydroxyl groups excluding tert-OH is 2. The molecule has 39 heavy (non-hydrogen) atoms. The summed E-state index contributed by atoms with van der Waals surface area (Å²) in [5.41, 5.74) is 2.92. The maximum Gasteiger partial charge on any atom is 0.279 e. The van der Waals surface area contributed by atoms with E-state index in [4.69, 9.17) is 10.2 Å². The lowest BCUT2D eigenvalue weighted by atomic mass is 10.8. The van der Waals surface area contributed by atoms with Crippen LogP contribution in [0, 0.1) is 0 Å². The largest absolute Gasteiger partial charge is 0.611 e. The Hall–Kier alpha value is 1.27. The number of carbonyl (C=O) groups excluding carboxylic acids is 2. The first-order valence-corrected chi connectivity index (χ1v) is 22.2. The van der Waals surface area contributed by atoms with Crippen LogP contribution < -0.4 is 10.6 Å². The number of aliphatic hydroxyl groups is 2. The lowest BCUT2D eigenvalue weighted by Crippen LogP contribution is -2.22. The van der Waals surface area contributed by atoms with Gasteiger partial charge in [-0.05, 0) is 11.2 Å². The number of nitrogens with zero attached hydrogens (tertiary/aromatic N) is 2. The van der Waals surface area contributed by atoms with Crippen LogP contribution in [0.25, 0.3) is 0 Å². The number of carbonyl (C=O) groups is 2. The van der Waals surface area contributed by atoms with Crippen LogP contribution in [0.3, 0.4) is 0 Å². The lowest BCUT2D eigenvalue weighted by molar-refractivity contribution is 0.260. The number of rotatable bonds is 26. The summed E-state index contributed by atoms with van der Waals surface area (Å²) in [6, 6.07) is 0. The van der Waals surface area contributed by atoms with Crippen LogP contribution in [0.15, 0.2) is 9.98 Å². The van der Waals surface area contributed by atoms with Crippen LogP contribution in [0.1, 0.15) is 0 Å². The molecule has 0 heterocycles. The molecule has 0 fully saturated rings. The molecule has 0 aliphatic carbocycles. The third-order valence-corrected chi connectivity index (χ3v) is 12.8. The first kappa shape index (κ1) is 40.3. The molecule has 2 unspecified atom stereocenters. The highest BCUT2D eigenvalue weighted by molar-refractivity contribution is 8.23. The van der Waals surface area contributed by atoms with Crippen LogP contribution in [0.4, 0.5) is 9.59 Å². The number of amides is 2. The van der Waals surface area contributed by atoms with E-state index in [0.29, 0.717) is 47.9 Å². The minimum absolute atomic E-state index is 0.0146. The predicted octanol–water partition coefficient (Wildman–Crippen LogP) is 2.91. The normalized spacial score (nSPS) is 13.2. The number of nitrogens with one attached hydrogen (secondary N) is 2. The van der Waals surface area contributed by atoms with E-state index < -0.39 is 22.4 Å². The molecular formula is C20H38N4O6S9. The summed E-state index contributed by atoms with van der Waals surface area (Å²) >= 11 is 7.66. The van der Waals surface area contributed by atoms with E-state index in [1.54, 1.807) is 35.3 Å². The van der Waals surface area contributed by atoms with Gasteiger partial charge in [-0.25, -0.2) is 9.98 Å². The van der Waals surface area contributed by atoms with Gasteiger partial charge in [-0.1, -0.05) is 35.3 Å². The molecule has 2 atom stereocenters. The van der Waals surface area contributed by atoms with Gasteiger partial charge in [-0.15, -0.1) is 11.8 Å². The van der Waals surface area contributed by atoms with Crippen molar-refractivity contribution in [1.82, 2.24) is 10.6 Å². The fourth-order valence-electron chi connectivity index (χ4n) is 2.03. The smallest absolute Gasteiger partial charge is 0.279 e. The Morgan fingerprint density at radius 2 is 1.26 bits per heavy atom. The highest BCUT2D eigenvalue weighted by atomic mass is 32.3. The van der Waals surface area contributed by atoms with Gasteiger partial charge in [0.2, 0.25) is 11.1 Å². The van der Waals surface area contributed by atoms with Gasteiger partial charge in [-0.2, -0.15) is 35.3 Å². The molecule has 0 aliphatic heterocycles. The van der Waals surface area contributed by atoms with Crippen molar-refractivity contribution in [3.63, 3.8) is 0 Å². The number of hydrogen-bond acceptors (Lipinski definition) is 15. The van der Waals surface area contributed by atoms with Crippen LogP contribution in [-0.4, -0.2) is 135 Å². The van der Waals surface area contributed by atoms with Crippen LogP contribution >= 0.6 is 82.3 Å². The fourth-order valence-corrected chi connectivity index (χ4v) is 9.04. The van der Waals surface area contributed by atoms with Crippen LogP contribution in [0.2, 0.25) is 0 Å². The fraction of sp³-hybridized carbons (Fsp3) is 0.800. The van der Waals surface area contributed by atoms with Gasteiger partial charge < -0.3 is 30.0 Å². The van der Waals surface area contributed by atoms with Crippen molar-refractivity contribution in [1.29, 1.82) is 0 Å². The minimum Gasteiger partial charge on any atom is -0.611 e. The van der Waals surface area contributed by atoms with Gasteiger partial charge in [0.1, 0.15) is 5.75 Å². The zero-order valence-corrected chi connectivity index (χ0v) is 28.9. The summed E-state index contributed by atoms with van der Waals surface area (Å²) in [4.78, 5) is 31.6. The van der Waals surface area contributed by atoms with E-state index in [2.05, 4.69) is 20.6 Å². The average Bonchev–Trinajstić information content (AvgIpc) is 2.92. The zero-order chi connectivity index (χ0) is 28.8. The van der Waals surface area contributed by atoms with E-state index in [-0.39, 0.29) is 22.4 Å². The summed E-state index contributed by atoms with van der Waals surface area (Å²) in [6.07, 6.45) is 0. The van der Waals surface area contributed by atoms with E-state index in [0.717, 1.165) is 46.3 Å². The third-order valence-electron chi connectivity index (χ3n) is 3.69. The molecule has 19 heteroatoms. The van der Waals surface area contributed by atoms with Gasteiger partial charge in [-0.3, -0.25) is 9.59 Å². The SMILES string of the molecule is O=C(NCCSCC/N=C/[S+]([O-])CSCO)SCCSCC[S+]([O-])/C=N/CCSCCNC(=O)SCSCO. The molecule has 0 aromatic carbocycles. The van der Waals surface area contributed by atoms with Gasteiger partial charge in [0.15, 0.2) is 5.08 Å². The second kappa shape index (κ2) is 32.2. The number of thioether (sulfide) groups is 7. The molecule has 0 spiro atoms. The Bertz CT molecular complexity index is 659. The topological polar surface area (TPSA) is 169 Å². The summed E-state index contributed by atoms with van der Waals surface area (Å²) < 4.78 is 23.4. The van der Waals surface area contributed by atoms with Crippen molar-refractivity contribution in [3.05, 3.63) is 0 Å². The Labute approximate surface area is 268 Å². The number of hydrogen-bond donors (Lipinski definition) is 4. The van der Waals surface area contributed by atoms with Crippen LogP contribution in [-0.2, 0) is 22.4 Å². The third kappa shape index (κ3) is 32.0. The molecule has 0 aliphatic rings. The quantitative estimate of drug-likeness (QED) is 0.0339. The van der Waals surface area contributed by atoms with Crippen molar-refractivity contribution < 1.29 is 28.9 Å². The van der Waals surface area contributed by atoms with Crippen molar-refractivity contribution in [3.8, 4) is 0 Å². The molecule has 0 bridgehead atoms. The second-order valence-corrected chi connectivity index (χ2v) is 17.6. The highest BCUT2D eigenvalue weighted by Gasteiger charge is 2.05. The predicted molar refractivity (Wildman–Crippen MR) is 186 cm³/mol.